The van der Waals surface area contributed by atoms with Crippen molar-refractivity contribution < 1.29 is 28.6 Å². The third-order valence-corrected chi connectivity index (χ3v) is 6.50. The standard InChI is InChI=1S/C30H24N2O6/c1-16-5-10-23-21(13-16)15-32(22-8-6-20(14-31)7-9-22)28-29(35)27-25(37-19(4)34)12-11-24(36-18(3)33)26(27)17(2)30(28)38-23/h5-12,16H,2,13,15H2,1,3-4H3. The highest BCUT2D eigenvalue weighted by atomic mass is 16.5. The molecule has 8 nitrogen and oxygen atoms in total. The number of fused-ring (bicyclic) bond motifs is 1. The lowest BCUT2D eigenvalue weighted by molar-refractivity contribution is -0.133. The number of nitriles is 1. The van der Waals surface area contributed by atoms with Gasteiger partial charge in [-0.3, -0.25) is 14.4 Å². The second-order valence-electron chi connectivity index (χ2n) is 9.34. The molecule has 1 unspecified atom stereocenters. The van der Waals surface area contributed by atoms with Crippen LogP contribution in [0.25, 0.3) is 5.57 Å². The van der Waals surface area contributed by atoms with E-state index in [9.17, 15) is 19.6 Å². The average molecular weight is 509 g/mol. The second-order valence-corrected chi connectivity index (χ2v) is 9.34. The number of anilines is 1. The van der Waals surface area contributed by atoms with Crippen molar-refractivity contribution in [2.45, 2.75) is 27.2 Å². The van der Waals surface area contributed by atoms with E-state index in [1.807, 2.05) is 17.1 Å². The Kier molecular flexibility index (Phi) is 6.21. The van der Waals surface area contributed by atoms with Crippen LogP contribution in [0.4, 0.5) is 5.69 Å². The number of nitrogens with zero attached hydrogens (tertiary/aromatic N) is 2. The second kappa shape index (κ2) is 9.52. The van der Waals surface area contributed by atoms with E-state index >= 15 is 0 Å². The van der Waals surface area contributed by atoms with Gasteiger partial charge in [0.25, 0.3) is 0 Å². The zero-order chi connectivity index (χ0) is 27.1. The van der Waals surface area contributed by atoms with E-state index in [4.69, 9.17) is 14.2 Å². The van der Waals surface area contributed by atoms with Gasteiger partial charge in [-0.05, 0) is 60.4 Å². The van der Waals surface area contributed by atoms with Gasteiger partial charge in [-0.1, -0.05) is 19.6 Å². The van der Waals surface area contributed by atoms with Crippen LogP contribution in [-0.2, 0) is 14.3 Å². The number of allylic oxidation sites excluding steroid dienone is 4. The Morgan fingerprint density at radius 1 is 1.05 bits per heavy atom. The number of hydrogen-bond acceptors (Lipinski definition) is 8. The van der Waals surface area contributed by atoms with Crippen molar-refractivity contribution in [3.63, 3.8) is 0 Å². The van der Waals surface area contributed by atoms with Crippen molar-refractivity contribution in [1.82, 2.24) is 0 Å². The van der Waals surface area contributed by atoms with Crippen molar-refractivity contribution in [3.05, 3.63) is 94.6 Å². The van der Waals surface area contributed by atoms with Crippen LogP contribution >= 0.6 is 0 Å². The highest BCUT2D eigenvalue weighted by Gasteiger charge is 2.41. The highest BCUT2D eigenvalue weighted by Crippen LogP contribution is 2.48. The molecule has 2 aromatic carbocycles. The minimum absolute atomic E-state index is 0.0244. The molecular weight excluding hydrogens is 484 g/mol. The molecule has 1 atom stereocenters. The van der Waals surface area contributed by atoms with Crippen LogP contribution in [0.3, 0.4) is 0 Å². The van der Waals surface area contributed by atoms with Crippen LogP contribution in [0.15, 0.2) is 77.9 Å². The molecule has 0 N–H and O–H groups in total. The molecule has 5 rings (SSSR count). The Morgan fingerprint density at radius 3 is 2.29 bits per heavy atom. The van der Waals surface area contributed by atoms with Crippen LogP contribution in [0.2, 0.25) is 0 Å². The highest BCUT2D eigenvalue weighted by molar-refractivity contribution is 6.21. The molecule has 38 heavy (non-hydrogen) atoms. The summed E-state index contributed by atoms with van der Waals surface area (Å²) in [6.07, 6.45) is 4.66. The van der Waals surface area contributed by atoms with Crippen LogP contribution in [-0.4, -0.2) is 24.3 Å². The van der Waals surface area contributed by atoms with Crippen molar-refractivity contribution in [2.75, 3.05) is 11.4 Å². The molecule has 0 saturated heterocycles. The zero-order valence-electron chi connectivity index (χ0n) is 21.2. The van der Waals surface area contributed by atoms with Gasteiger partial charge in [-0.2, -0.15) is 5.26 Å². The first-order valence-corrected chi connectivity index (χ1v) is 12.1. The lowest BCUT2D eigenvalue weighted by atomic mass is 9.86. The summed E-state index contributed by atoms with van der Waals surface area (Å²) in [5.41, 5.74) is 2.93. The van der Waals surface area contributed by atoms with Gasteiger partial charge in [0.15, 0.2) is 5.76 Å². The number of rotatable bonds is 3. The molecule has 0 fully saturated rings. The van der Waals surface area contributed by atoms with E-state index in [2.05, 4.69) is 19.6 Å². The molecule has 2 aromatic rings. The maximum atomic E-state index is 14.3. The molecule has 1 heterocycles. The summed E-state index contributed by atoms with van der Waals surface area (Å²) in [7, 11) is 0. The minimum atomic E-state index is -0.608. The summed E-state index contributed by atoms with van der Waals surface area (Å²) in [5.74, 6) is -0.430. The molecule has 0 saturated carbocycles. The normalized spacial score (nSPS) is 18.1. The molecule has 0 amide bonds. The van der Waals surface area contributed by atoms with E-state index < -0.39 is 17.7 Å². The third kappa shape index (κ3) is 4.28. The molecule has 8 heteroatoms. The van der Waals surface area contributed by atoms with E-state index in [0.717, 1.165) is 12.0 Å². The minimum Gasteiger partial charge on any atom is -0.454 e. The van der Waals surface area contributed by atoms with Gasteiger partial charge in [0, 0.05) is 37.2 Å². The smallest absolute Gasteiger partial charge is 0.308 e. The van der Waals surface area contributed by atoms with Gasteiger partial charge >= 0.3 is 11.9 Å². The van der Waals surface area contributed by atoms with E-state index in [1.165, 1.54) is 26.0 Å². The average Bonchev–Trinajstić information content (AvgIpc) is 3.04. The van der Waals surface area contributed by atoms with E-state index in [1.54, 1.807) is 24.3 Å². The van der Waals surface area contributed by atoms with Crippen LogP contribution in [0, 0.1) is 17.2 Å². The summed E-state index contributed by atoms with van der Waals surface area (Å²) in [4.78, 5) is 39.9. The molecule has 0 radical (unpaired) electrons. The van der Waals surface area contributed by atoms with Crippen LogP contribution in [0.5, 0.6) is 11.5 Å². The Bertz CT molecular complexity index is 1550. The molecule has 0 aromatic heterocycles. The number of carbonyl (C=O) groups excluding carboxylic acids is 3. The lowest BCUT2D eigenvalue weighted by Gasteiger charge is -2.31. The number of carbonyl (C=O) groups is 3. The van der Waals surface area contributed by atoms with Gasteiger partial charge in [0.2, 0.25) is 5.78 Å². The number of ketones is 1. The number of ether oxygens (including phenoxy) is 3. The molecule has 1 aliphatic heterocycles. The fourth-order valence-electron chi connectivity index (χ4n) is 4.89. The molecule has 190 valence electrons. The van der Waals surface area contributed by atoms with Crippen LogP contribution in [0.1, 0.15) is 48.7 Å². The third-order valence-electron chi connectivity index (χ3n) is 6.50. The SMILES string of the molecule is C=C1C2=C(C(=O)c3c(OC(C)=O)ccc(OC(C)=O)c31)N(c1ccc(C#N)cc1)CC1=C(C=CC(C)C1)O2. The number of Topliss-reactive ketones (excluding diaryl/α,β-unsaturated/α-hetero) is 1. The van der Waals surface area contributed by atoms with Gasteiger partial charge < -0.3 is 19.1 Å². The fourth-order valence-corrected chi connectivity index (χ4v) is 4.89. The largest absolute Gasteiger partial charge is 0.454 e. The summed E-state index contributed by atoms with van der Waals surface area (Å²) < 4.78 is 17.2. The summed E-state index contributed by atoms with van der Waals surface area (Å²) in [5, 5.41) is 9.28. The molecular formula is C30H24N2O6. The maximum Gasteiger partial charge on any atom is 0.308 e. The first-order valence-electron chi connectivity index (χ1n) is 12.1. The molecule has 3 aliphatic rings. The van der Waals surface area contributed by atoms with Crippen LogP contribution < -0.4 is 14.4 Å². The molecule has 0 bridgehead atoms. The first-order chi connectivity index (χ1) is 18.2. The topological polar surface area (TPSA) is 106 Å². The number of esters is 2. The van der Waals surface area contributed by atoms with Crippen molar-refractivity contribution in [2.24, 2.45) is 5.92 Å². The fraction of sp³-hybridized carbons (Fsp3) is 0.200. The quantitative estimate of drug-likeness (QED) is 0.411. The van der Waals surface area contributed by atoms with Crippen molar-refractivity contribution in [3.8, 4) is 17.6 Å². The summed E-state index contributed by atoms with van der Waals surface area (Å²) in [6, 6.07) is 11.9. The van der Waals surface area contributed by atoms with Gasteiger partial charge in [0.1, 0.15) is 23.0 Å². The van der Waals surface area contributed by atoms with Gasteiger partial charge in [-0.25, -0.2) is 0 Å². The van der Waals surface area contributed by atoms with Gasteiger partial charge in [-0.15, -0.1) is 0 Å². The Labute approximate surface area is 219 Å². The number of benzene rings is 2. The summed E-state index contributed by atoms with van der Waals surface area (Å²) in [6.45, 7) is 9.18. The maximum absolute atomic E-state index is 14.3. The monoisotopic (exact) mass is 508 g/mol. The van der Waals surface area contributed by atoms with E-state index in [-0.39, 0.29) is 40.0 Å². The summed E-state index contributed by atoms with van der Waals surface area (Å²) >= 11 is 0. The predicted molar refractivity (Wildman–Crippen MR) is 139 cm³/mol. The van der Waals surface area contributed by atoms with Gasteiger partial charge in [0.05, 0.1) is 17.2 Å². The Balaban J connectivity index is 1.75. The Hall–Kier alpha value is -4.90. The van der Waals surface area contributed by atoms with Crippen molar-refractivity contribution >= 4 is 29.0 Å². The molecule has 2 aliphatic carbocycles. The van der Waals surface area contributed by atoms with Crippen molar-refractivity contribution in [1.29, 1.82) is 5.26 Å². The first kappa shape index (κ1) is 24.8. The molecule has 0 spiro atoms. The Morgan fingerprint density at radius 2 is 1.68 bits per heavy atom. The van der Waals surface area contributed by atoms with E-state index in [0.29, 0.717) is 29.1 Å². The number of hydrogen-bond donors (Lipinski definition) is 0. The zero-order valence-corrected chi connectivity index (χ0v) is 21.2. The predicted octanol–water partition coefficient (Wildman–Crippen LogP) is 5.22. The lowest BCUT2D eigenvalue weighted by Crippen LogP contribution is -2.33.